The van der Waals surface area contributed by atoms with Crippen LogP contribution < -0.4 is 0 Å². The van der Waals surface area contributed by atoms with E-state index in [1.54, 1.807) is 18.2 Å². The SMILES string of the molecule is O=C1CC2c3c(cccc31)CCN2S(=O)(=O)c1ccc(Br)s1. The molecule has 1 aromatic carbocycles. The Morgan fingerprint density at radius 2 is 2.05 bits per heavy atom. The van der Waals surface area contributed by atoms with E-state index < -0.39 is 10.0 Å². The van der Waals surface area contributed by atoms with Crippen LogP contribution in [-0.4, -0.2) is 25.1 Å². The summed E-state index contributed by atoms with van der Waals surface area (Å²) in [5.74, 6) is 0.0383. The molecule has 0 N–H and O–H groups in total. The molecular formula is C15H12BrNO3S2. The Morgan fingerprint density at radius 1 is 1.23 bits per heavy atom. The minimum Gasteiger partial charge on any atom is -0.294 e. The minimum atomic E-state index is -3.57. The first-order valence-electron chi connectivity index (χ1n) is 6.90. The maximum atomic E-state index is 12.9. The number of hydrogen-bond acceptors (Lipinski definition) is 4. The van der Waals surface area contributed by atoms with Crippen molar-refractivity contribution in [3.8, 4) is 0 Å². The van der Waals surface area contributed by atoms with Gasteiger partial charge in [0.2, 0.25) is 0 Å². The second-order valence-electron chi connectivity index (χ2n) is 5.45. The molecule has 0 fully saturated rings. The van der Waals surface area contributed by atoms with Gasteiger partial charge >= 0.3 is 0 Å². The summed E-state index contributed by atoms with van der Waals surface area (Å²) in [7, 11) is -3.57. The zero-order valence-corrected chi connectivity index (χ0v) is 14.7. The van der Waals surface area contributed by atoms with Crippen molar-refractivity contribution in [3.05, 3.63) is 50.8 Å². The third-order valence-corrected chi connectivity index (χ3v) is 8.27. The number of rotatable bonds is 2. The highest BCUT2D eigenvalue weighted by molar-refractivity contribution is 9.11. The van der Waals surface area contributed by atoms with Crippen molar-refractivity contribution in [1.29, 1.82) is 0 Å². The van der Waals surface area contributed by atoms with Gasteiger partial charge in [-0.15, -0.1) is 11.3 Å². The fraction of sp³-hybridized carbons (Fsp3) is 0.267. The largest absolute Gasteiger partial charge is 0.294 e. The van der Waals surface area contributed by atoms with Crippen LogP contribution in [-0.2, 0) is 16.4 Å². The number of carbonyl (C=O) groups excluding carboxylic acids is 1. The summed E-state index contributed by atoms with van der Waals surface area (Å²) in [5.41, 5.74) is 2.71. The van der Waals surface area contributed by atoms with Crippen molar-refractivity contribution in [2.75, 3.05) is 6.54 Å². The zero-order chi connectivity index (χ0) is 15.5. The van der Waals surface area contributed by atoms with E-state index in [9.17, 15) is 13.2 Å². The maximum Gasteiger partial charge on any atom is 0.253 e. The van der Waals surface area contributed by atoms with Crippen LogP contribution in [0.5, 0.6) is 0 Å². The Kier molecular flexibility index (Phi) is 3.30. The standard InChI is InChI=1S/C15H12BrNO3S2/c16-13-4-5-14(21-13)22(19,20)17-7-6-9-2-1-3-10-12(18)8-11(17)15(9)10/h1-5,11H,6-8H2. The van der Waals surface area contributed by atoms with Gasteiger partial charge in [-0.05, 0) is 45.6 Å². The van der Waals surface area contributed by atoms with Crippen molar-refractivity contribution in [2.45, 2.75) is 23.1 Å². The number of sulfonamides is 1. The molecule has 0 amide bonds. The van der Waals surface area contributed by atoms with E-state index in [-0.39, 0.29) is 18.2 Å². The lowest BCUT2D eigenvalue weighted by atomic mass is 9.95. The molecule has 2 aliphatic rings. The second kappa shape index (κ2) is 4.99. The quantitative estimate of drug-likeness (QED) is 0.780. The Balaban J connectivity index is 1.82. The van der Waals surface area contributed by atoms with E-state index in [0.29, 0.717) is 22.7 Å². The Bertz CT molecular complexity index is 888. The Hall–Kier alpha value is -1.02. The van der Waals surface area contributed by atoms with Crippen molar-refractivity contribution < 1.29 is 13.2 Å². The predicted molar refractivity (Wildman–Crippen MR) is 87.7 cm³/mol. The molecule has 22 heavy (non-hydrogen) atoms. The summed E-state index contributed by atoms with van der Waals surface area (Å²) in [6, 6.07) is 8.69. The first-order chi connectivity index (χ1) is 10.5. The molecule has 2 heterocycles. The van der Waals surface area contributed by atoms with Gasteiger partial charge in [-0.3, -0.25) is 4.79 Å². The van der Waals surface area contributed by atoms with Crippen molar-refractivity contribution >= 4 is 43.1 Å². The Labute approximate surface area is 140 Å². The number of Topliss-reactive ketones (excluding diaryl/α,β-unsaturated/α-hetero) is 1. The van der Waals surface area contributed by atoms with E-state index >= 15 is 0 Å². The lowest BCUT2D eigenvalue weighted by Gasteiger charge is -2.33. The van der Waals surface area contributed by atoms with Crippen LogP contribution in [0.4, 0.5) is 0 Å². The monoisotopic (exact) mass is 397 g/mol. The highest BCUT2D eigenvalue weighted by atomic mass is 79.9. The third-order valence-electron chi connectivity index (χ3n) is 4.27. The lowest BCUT2D eigenvalue weighted by molar-refractivity contribution is 0.0976. The van der Waals surface area contributed by atoms with E-state index in [2.05, 4.69) is 15.9 Å². The molecule has 0 saturated carbocycles. The van der Waals surface area contributed by atoms with Gasteiger partial charge in [0.25, 0.3) is 10.0 Å². The van der Waals surface area contributed by atoms with Gasteiger partial charge in [0.15, 0.2) is 5.78 Å². The lowest BCUT2D eigenvalue weighted by Crippen LogP contribution is -2.38. The fourth-order valence-corrected chi connectivity index (χ4v) is 7.06. The normalized spacial score (nSPS) is 21.1. The molecule has 0 bridgehead atoms. The molecular weight excluding hydrogens is 386 g/mol. The average Bonchev–Trinajstić information content (AvgIpc) is 3.06. The summed E-state index contributed by atoms with van der Waals surface area (Å²) in [5, 5.41) is 0. The van der Waals surface area contributed by atoms with Crippen LogP contribution in [0.3, 0.4) is 0 Å². The highest BCUT2D eigenvalue weighted by Crippen LogP contribution is 2.44. The van der Waals surface area contributed by atoms with Gasteiger partial charge in [-0.1, -0.05) is 18.2 Å². The number of hydrogen-bond donors (Lipinski definition) is 0. The van der Waals surface area contributed by atoms with Gasteiger partial charge in [-0.2, -0.15) is 4.31 Å². The molecule has 2 aromatic rings. The first kappa shape index (κ1) is 14.6. The summed E-state index contributed by atoms with van der Waals surface area (Å²) in [6.07, 6.45) is 0.900. The molecule has 0 spiro atoms. The predicted octanol–water partition coefficient (Wildman–Crippen LogP) is 3.39. The summed E-state index contributed by atoms with van der Waals surface area (Å²) >= 11 is 4.51. The van der Waals surface area contributed by atoms with Gasteiger partial charge in [0.05, 0.1) is 9.83 Å². The van der Waals surface area contributed by atoms with Crippen LogP contribution in [0, 0.1) is 0 Å². The number of carbonyl (C=O) groups is 1. The molecule has 4 nitrogen and oxygen atoms in total. The van der Waals surface area contributed by atoms with E-state index in [1.807, 2.05) is 12.1 Å². The summed E-state index contributed by atoms with van der Waals surface area (Å²) < 4.78 is 28.4. The molecule has 1 atom stereocenters. The molecule has 0 saturated heterocycles. The van der Waals surface area contributed by atoms with Crippen molar-refractivity contribution in [1.82, 2.24) is 4.31 Å². The number of nitrogens with zero attached hydrogens (tertiary/aromatic N) is 1. The molecule has 0 radical (unpaired) electrons. The first-order valence-corrected chi connectivity index (χ1v) is 9.95. The van der Waals surface area contributed by atoms with Gasteiger partial charge in [0.1, 0.15) is 4.21 Å². The minimum absolute atomic E-state index is 0.0383. The number of thiophene rings is 1. The van der Waals surface area contributed by atoms with Crippen LogP contribution in [0.2, 0.25) is 0 Å². The van der Waals surface area contributed by atoms with E-state index in [4.69, 9.17) is 0 Å². The molecule has 1 aliphatic carbocycles. The smallest absolute Gasteiger partial charge is 0.253 e. The van der Waals surface area contributed by atoms with Gasteiger partial charge in [-0.25, -0.2) is 8.42 Å². The van der Waals surface area contributed by atoms with Crippen molar-refractivity contribution in [2.24, 2.45) is 0 Å². The molecule has 7 heteroatoms. The van der Waals surface area contributed by atoms with Crippen LogP contribution in [0.15, 0.2) is 38.3 Å². The molecule has 1 aromatic heterocycles. The van der Waals surface area contributed by atoms with Gasteiger partial charge in [0, 0.05) is 18.5 Å². The average molecular weight is 398 g/mol. The number of ketones is 1. The summed E-state index contributed by atoms with van der Waals surface area (Å²) in [4.78, 5) is 12.2. The van der Waals surface area contributed by atoms with Crippen molar-refractivity contribution in [3.63, 3.8) is 0 Å². The molecule has 4 rings (SSSR count). The fourth-order valence-electron chi connectivity index (χ4n) is 3.33. The van der Waals surface area contributed by atoms with Crippen LogP contribution in [0.25, 0.3) is 0 Å². The Morgan fingerprint density at radius 3 is 2.77 bits per heavy atom. The summed E-state index contributed by atoms with van der Waals surface area (Å²) in [6.45, 7) is 0.423. The van der Waals surface area contributed by atoms with Gasteiger partial charge < -0.3 is 0 Å². The zero-order valence-electron chi connectivity index (χ0n) is 11.5. The molecule has 1 unspecified atom stereocenters. The van der Waals surface area contributed by atoms with Crippen LogP contribution in [0.1, 0.15) is 33.9 Å². The third kappa shape index (κ3) is 2.03. The number of halogens is 1. The van der Waals surface area contributed by atoms with Crippen LogP contribution >= 0.6 is 27.3 Å². The second-order valence-corrected chi connectivity index (χ2v) is 10.0. The van der Waals surface area contributed by atoms with E-state index in [1.165, 1.54) is 15.6 Å². The number of benzene rings is 1. The molecule has 1 aliphatic heterocycles. The molecule has 114 valence electrons. The maximum absolute atomic E-state index is 12.9. The van der Waals surface area contributed by atoms with E-state index in [0.717, 1.165) is 14.9 Å². The highest BCUT2D eigenvalue weighted by Gasteiger charge is 2.43. The topological polar surface area (TPSA) is 54.5 Å².